The lowest BCUT2D eigenvalue weighted by Crippen LogP contribution is -2.50. The van der Waals surface area contributed by atoms with E-state index >= 15 is 0 Å². The number of carbonyl (C=O) groups excluding carboxylic acids is 2. The van der Waals surface area contributed by atoms with E-state index in [-0.39, 0.29) is 5.91 Å². The van der Waals surface area contributed by atoms with Gasteiger partial charge >= 0.3 is 6.09 Å². The van der Waals surface area contributed by atoms with Crippen molar-refractivity contribution in [1.29, 1.82) is 0 Å². The third-order valence-electron chi connectivity index (χ3n) is 6.21. The van der Waals surface area contributed by atoms with Crippen LogP contribution >= 0.6 is 11.6 Å². The van der Waals surface area contributed by atoms with E-state index in [0.29, 0.717) is 30.2 Å². The highest BCUT2D eigenvalue weighted by Crippen LogP contribution is 2.40. The van der Waals surface area contributed by atoms with Crippen molar-refractivity contribution < 1.29 is 19.2 Å². The molecule has 1 aromatic heterocycles. The molecule has 0 radical (unpaired) electrons. The Kier molecular flexibility index (Phi) is 6.29. The van der Waals surface area contributed by atoms with Gasteiger partial charge in [0.15, 0.2) is 5.82 Å². The fraction of sp³-hybridized carbons (Fsp3) is 0.333. The van der Waals surface area contributed by atoms with Crippen LogP contribution in [0.15, 0.2) is 60.5 Å². The van der Waals surface area contributed by atoms with Crippen LogP contribution in [-0.2, 0) is 20.9 Å². The normalized spacial score (nSPS) is 16.2. The molecule has 2 heterocycles. The fourth-order valence-electron chi connectivity index (χ4n) is 4.27. The molecule has 0 bridgehead atoms. The van der Waals surface area contributed by atoms with Crippen LogP contribution in [0.1, 0.15) is 46.1 Å². The first-order valence-electron chi connectivity index (χ1n) is 12.1. The molecule has 0 saturated heterocycles. The Morgan fingerprint density at radius 2 is 1.84 bits per heavy atom. The van der Waals surface area contributed by atoms with Gasteiger partial charge in [-0.2, -0.15) is 0 Å². The molecule has 1 aliphatic carbocycles. The molecule has 37 heavy (non-hydrogen) atoms. The van der Waals surface area contributed by atoms with Crippen LogP contribution in [0.4, 0.5) is 10.6 Å². The SMILES string of the molecule is CC1=CN(c2c(Cl)c3ccccc3n2-c2ccc(CNC(=O)C3(NC(=O)OC(C)(C)C)CC3)cc2)NO1. The van der Waals surface area contributed by atoms with Crippen molar-refractivity contribution in [1.82, 2.24) is 20.8 Å². The van der Waals surface area contributed by atoms with E-state index in [1.54, 1.807) is 25.8 Å². The predicted octanol–water partition coefficient (Wildman–Crippen LogP) is 5.07. The number of alkyl carbamates (subject to hydrolysis) is 1. The molecular formula is C27H30ClN5O4. The Labute approximate surface area is 220 Å². The number of rotatable bonds is 6. The summed E-state index contributed by atoms with van der Waals surface area (Å²) in [6.07, 6.45) is 2.42. The molecule has 9 nitrogen and oxygen atoms in total. The van der Waals surface area contributed by atoms with Crippen molar-refractivity contribution in [2.24, 2.45) is 0 Å². The van der Waals surface area contributed by atoms with Gasteiger partial charge < -0.3 is 20.2 Å². The van der Waals surface area contributed by atoms with Crippen LogP contribution in [0.2, 0.25) is 5.02 Å². The van der Waals surface area contributed by atoms with E-state index in [0.717, 1.165) is 28.0 Å². The topological polar surface area (TPSA) is 96.9 Å². The number of carbonyl (C=O) groups is 2. The summed E-state index contributed by atoms with van der Waals surface area (Å²) in [5.41, 5.74) is 4.13. The smallest absolute Gasteiger partial charge is 0.408 e. The van der Waals surface area contributed by atoms with Crippen LogP contribution in [0.25, 0.3) is 16.6 Å². The summed E-state index contributed by atoms with van der Waals surface area (Å²) in [6.45, 7) is 7.55. The summed E-state index contributed by atoms with van der Waals surface area (Å²) in [5.74, 6) is 1.23. The molecule has 1 aliphatic heterocycles. The van der Waals surface area contributed by atoms with Crippen molar-refractivity contribution in [2.75, 3.05) is 5.01 Å². The lowest BCUT2D eigenvalue weighted by Gasteiger charge is -2.23. The van der Waals surface area contributed by atoms with Gasteiger partial charge in [0.2, 0.25) is 5.91 Å². The second-order valence-electron chi connectivity index (χ2n) is 10.4. The van der Waals surface area contributed by atoms with Crippen molar-refractivity contribution in [3.05, 3.63) is 71.1 Å². The van der Waals surface area contributed by atoms with E-state index in [1.165, 1.54) is 0 Å². The largest absolute Gasteiger partial charge is 0.444 e. The summed E-state index contributed by atoms with van der Waals surface area (Å²) in [5, 5.41) is 8.94. The number of anilines is 1. The van der Waals surface area contributed by atoms with Gasteiger partial charge in [-0.1, -0.05) is 47.5 Å². The van der Waals surface area contributed by atoms with E-state index in [4.69, 9.17) is 21.2 Å². The highest BCUT2D eigenvalue weighted by Gasteiger charge is 2.51. The van der Waals surface area contributed by atoms with Crippen LogP contribution in [0.3, 0.4) is 0 Å². The maximum absolute atomic E-state index is 12.8. The van der Waals surface area contributed by atoms with E-state index in [9.17, 15) is 9.59 Å². The molecule has 3 N–H and O–H groups in total. The van der Waals surface area contributed by atoms with Crippen molar-refractivity contribution in [3.8, 4) is 5.69 Å². The Hall–Kier alpha value is -3.69. The third kappa shape index (κ3) is 5.10. The third-order valence-corrected chi connectivity index (χ3v) is 6.58. The molecule has 194 valence electrons. The summed E-state index contributed by atoms with van der Waals surface area (Å²) in [6, 6.07) is 15.8. The molecular weight excluding hydrogens is 494 g/mol. The number of hydrogen-bond donors (Lipinski definition) is 3. The average Bonchev–Trinajstić information content (AvgIpc) is 3.40. The van der Waals surface area contributed by atoms with Crippen molar-refractivity contribution in [3.63, 3.8) is 0 Å². The number of amides is 2. The molecule has 5 rings (SSSR count). The van der Waals surface area contributed by atoms with Gasteiger partial charge in [0.25, 0.3) is 0 Å². The predicted molar refractivity (Wildman–Crippen MR) is 142 cm³/mol. The molecule has 3 aromatic rings. The van der Waals surface area contributed by atoms with Gasteiger partial charge in [-0.05, 0) is 64.3 Å². The second kappa shape index (κ2) is 9.32. The molecule has 1 fully saturated rings. The molecule has 0 atom stereocenters. The maximum atomic E-state index is 12.8. The fourth-order valence-corrected chi connectivity index (χ4v) is 4.60. The number of nitrogens with one attached hydrogen (secondary N) is 3. The number of benzene rings is 2. The Bertz CT molecular complexity index is 1390. The van der Waals surface area contributed by atoms with Gasteiger partial charge in [-0.3, -0.25) is 9.36 Å². The number of allylic oxidation sites excluding steroid dienone is 1. The molecule has 0 spiro atoms. The van der Waals surface area contributed by atoms with Crippen LogP contribution in [0, 0.1) is 0 Å². The van der Waals surface area contributed by atoms with Gasteiger partial charge in [-0.25, -0.2) is 9.80 Å². The number of nitrogens with zero attached hydrogens (tertiary/aromatic N) is 2. The van der Waals surface area contributed by atoms with Crippen molar-refractivity contribution >= 4 is 40.3 Å². The number of fused-ring (bicyclic) bond motifs is 1. The summed E-state index contributed by atoms with van der Waals surface area (Å²) in [7, 11) is 0. The van der Waals surface area contributed by atoms with E-state index < -0.39 is 17.2 Å². The first kappa shape index (κ1) is 25.0. The standard InChI is InChI=1S/C27H30ClN5O4/c1-17-16-32(31-37-17)23-22(28)20-7-5-6-8-21(20)33(23)19-11-9-18(10-12-19)15-29-24(34)27(13-14-27)30-25(35)36-26(2,3)4/h5-12,16,31H,13-15H2,1-4H3,(H,29,34)(H,30,35). The Balaban J connectivity index is 1.32. The van der Waals surface area contributed by atoms with Gasteiger partial charge in [-0.15, -0.1) is 0 Å². The molecule has 2 amide bonds. The Morgan fingerprint density at radius 3 is 2.46 bits per heavy atom. The van der Waals surface area contributed by atoms with Crippen LogP contribution in [0.5, 0.6) is 0 Å². The van der Waals surface area contributed by atoms with E-state index in [1.807, 2.05) is 61.7 Å². The first-order chi connectivity index (χ1) is 17.6. The van der Waals surface area contributed by atoms with Gasteiger partial charge in [0.05, 0.1) is 16.7 Å². The monoisotopic (exact) mass is 523 g/mol. The first-order valence-corrected chi connectivity index (χ1v) is 12.5. The minimum atomic E-state index is -0.894. The lowest BCUT2D eigenvalue weighted by atomic mass is 10.2. The zero-order valence-corrected chi connectivity index (χ0v) is 22.0. The summed E-state index contributed by atoms with van der Waals surface area (Å²) >= 11 is 6.80. The number of hydrazine groups is 1. The molecule has 10 heteroatoms. The molecule has 0 unspecified atom stereocenters. The number of halogens is 1. The highest BCUT2D eigenvalue weighted by atomic mass is 35.5. The summed E-state index contributed by atoms with van der Waals surface area (Å²) < 4.78 is 7.36. The number of para-hydroxylation sites is 1. The van der Waals surface area contributed by atoms with Crippen LogP contribution in [-0.4, -0.2) is 27.7 Å². The average molecular weight is 524 g/mol. The second-order valence-corrected chi connectivity index (χ2v) is 10.7. The van der Waals surface area contributed by atoms with Crippen molar-refractivity contribution in [2.45, 2.75) is 58.2 Å². The van der Waals surface area contributed by atoms with E-state index in [2.05, 4.69) is 20.8 Å². The van der Waals surface area contributed by atoms with Crippen LogP contribution < -0.4 is 21.2 Å². The Morgan fingerprint density at radius 1 is 1.14 bits per heavy atom. The number of aromatic nitrogens is 1. The molecule has 2 aromatic carbocycles. The minimum Gasteiger partial charge on any atom is -0.444 e. The zero-order valence-electron chi connectivity index (χ0n) is 21.2. The number of ether oxygens (including phenoxy) is 1. The summed E-state index contributed by atoms with van der Waals surface area (Å²) in [4.78, 5) is 30.4. The van der Waals surface area contributed by atoms with Gasteiger partial charge in [0.1, 0.15) is 16.9 Å². The zero-order chi connectivity index (χ0) is 26.4. The lowest BCUT2D eigenvalue weighted by molar-refractivity contribution is -0.124. The molecule has 1 saturated carbocycles. The number of hydrogen-bond acceptors (Lipinski definition) is 6. The minimum absolute atomic E-state index is 0.213. The quantitative estimate of drug-likeness (QED) is 0.417. The highest BCUT2D eigenvalue weighted by molar-refractivity contribution is 6.38. The maximum Gasteiger partial charge on any atom is 0.408 e. The molecule has 2 aliphatic rings. The van der Waals surface area contributed by atoms with Gasteiger partial charge in [0, 0.05) is 17.6 Å².